The SMILES string of the molecule is Cc1ccc(S(=O)(=O)N(CC(=O)Nc2ccccc2C(=O)NCc2ccccc2)c2cccc(Cl)c2C)cc1. The summed E-state index contributed by atoms with van der Waals surface area (Å²) in [6.07, 6.45) is 0. The van der Waals surface area contributed by atoms with Crippen molar-refractivity contribution in [1.29, 1.82) is 0 Å². The third-order valence-corrected chi connectivity index (χ3v) is 8.33. The number of hydrogen-bond acceptors (Lipinski definition) is 4. The lowest BCUT2D eigenvalue weighted by Crippen LogP contribution is -2.39. The molecule has 4 rings (SSSR count). The number of nitrogens with zero attached hydrogens (tertiary/aromatic N) is 1. The first-order chi connectivity index (χ1) is 18.7. The fourth-order valence-electron chi connectivity index (χ4n) is 3.99. The predicted molar refractivity (Wildman–Crippen MR) is 155 cm³/mol. The molecular formula is C30H28ClN3O4S. The minimum absolute atomic E-state index is 0.0426. The van der Waals surface area contributed by atoms with Gasteiger partial charge in [-0.15, -0.1) is 0 Å². The Labute approximate surface area is 233 Å². The summed E-state index contributed by atoms with van der Waals surface area (Å²) in [4.78, 5) is 26.3. The normalized spacial score (nSPS) is 11.1. The molecule has 0 fully saturated rings. The van der Waals surface area contributed by atoms with Gasteiger partial charge in [0.25, 0.3) is 15.9 Å². The second-order valence-electron chi connectivity index (χ2n) is 8.97. The molecule has 0 heterocycles. The van der Waals surface area contributed by atoms with Crippen molar-refractivity contribution in [1.82, 2.24) is 5.32 Å². The molecule has 4 aromatic carbocycles. The van der Waals surface area contributed by atoms with Crippen molar-refractivity contribution in [2.45, 2.75) is 25.3 Å². The summed E-state index contributed by atoms with van der Waals surface area (Å²) in [5.74, 6) is -0.988. The van der Waals surface area contributed by atoms with Gasteiger partial charge >= 0.3 is 0 Å². The first-order valence-corrected chi connectivity index (χ1v) is 14.0. The molecule has 39 heavy (non-hydrogen) atoms. The van der Waals surface area contributed by atoms with E-state index in [0.29, 0.717) is 17.1 Å². The zero-order valence-corrected chi connectivity index (χ0v) is 23.1. The molecule has 0 saturated carbocycles. The minimum Gasteiger partial charge on any atom is -0.348 e. The molecular weight excluding hydrogens is 534 g/mol. The highest BCUT2D eigenvalue weighted by atomic mass is 35.5. The molecule has 4 aromatic rings. The van der Waals surface area contributed by atoms with Gasteiger partial charge in [-0.2, -0.15) is 0 Å². The molecule has 0 aliphatic rings. The first kappa shape index (κ1) is 27.9. The molecule has 0 unspecified atom stereocenters. The topological polar surface area (TPSA) is 95.6 Å². The smallest absolute Gasteiger partial charge is 0.264 e. The number of carbonyl (C=O) groups is 2. The van der Waals surface area contributed by atoms with Gasteiger partial charge in [-0.3, -0.25) is 13.9 Å². The molecule has 200 valence electrons. The Morgan fingerprint density at radius 1 is 0.821 bits per heavy atom. The van der Waals surface area contributed by atoms with Gasteiger partial charge in [-0.1, -0.05) is 77.8 Å². The molecule has 0 aromatic heterocycles. The van der Waals surface area contributed by atoms with Gasteiger partial charge in [0.05, 0.1) is 21.8 Å². The summed E-state index contributed by atoms with van der Waals surface area (Å²) in [5.41, 5.74) is 3.16. The Balaban J connectivity index is 1.60. The molecule has 0 aliphatic carbocycles. The Hall–Kier alpha value is -4.14. The number of aryl methyl sites for hydroxylation is 1. The van der Waals surface area contributed by atoms with Crippen LogP contribution in [-0.4, -0.2) is 26.8 Å². The maximum absolute atomic E-state index is 13.7. The van der Waals surface area contributed by atoms with E-state index in [1.807, 2.05) is 37.3 Å². The lowest BCUT2D eigenvalue weighted by molar-refractivity contribution is -0.114. The van der Waals surface area contributed by atoms with Gasteiger partial charge in [0, 0.05) is 11.6 Å². The highest BCUT2D eigenvalue weighted by Gasteiger charge is 2.29. The summed E-state index contributed by atoms with van der Waals surface area (Å²) in [6, 6.07) is 27.3. The summed E-state index contributed by atoms with van der Waals surface area (Å²) in [7, 11) is -4.13. The lowest BCUT2D eigenvalue weighted by Gasteiger charge is -2.26. The number of amides is 2. The number of anilines is 2. The third-order valence-electron chi connectivity index (χ3n) is 6.15. The predicted octanol–water partition coefficient (Wildman–Crippen LogP) is 5.72. The van der Waals surface area contributed by atoms with Gasteiger partial charge in [0.1, 0.15) is 6.54 Å². The zero-order valence-electron chi connectivity index (χ0n) is 21.5. The van der Waals surface area contributed by atoms with Gasteiger partial charge < -0.3 is 10.6 Å². The Morgan fingerprint density at radius 3 is 2.21 bits per heavy atom. The van der Waals surface area contributed by atoms with E-state index < -0.39 is 22.5 Å². The molecule has 0 spiro atoms. The summed E-state index contributed by atoms with van der Waals surface area (Å²) in [5, 5.41) is 5.94. The maximum Gasteiger partial charge on any atom is 0.264 e. The van der Waals surface area contributed by atoms with Crippen molar-refractivity contribution in [3.63, 3.8) is 0 Å². The van der Waals surface area contributed by atoms with Gasteiger partial charge in [-0.05, 0) is 61.4 Å². The molecule has 9 heteroatoms. The number of benzene rings is 4. The average Bonchev–Trinajstić information content (AvgIpc) is 2.93. The minimum atomic E-state index is -4.13. The van der Waals surface area contributed by atoms with E-state index in [1.165, 1.54) is 12.1 Å². The van der Waals surface area contributed by atoms with E-state index in [1.54, 1.807) is 61.5 Å². The second-order valence-corrected chi connectivity index (χ2v) is 11.2. The van der Waals surface area contributed by atoms with Crippen molar-refractivity contribution in [3.8, 4) is 0 Å². The first-order valence-electron chi connectivity index (χ1n) is 12.2. The Kier molecular flexibility index (Phi) is 8.69. The number of para-hydroxylation sites is 1. The number of carbonyl (C=O) groups excluding carboxylic acids is 2. The summed E-state index contributed by atoms with van der Waals surface area (Å²) in [6.45, 7) is 3.34. The van der Waals surface area contributed by atoms with Crippen LogP contribution in [0.3, 0.4) is 0 Å². The van der Waals surface area contributed by atoms with Crippen molar-refractivity contribution in [3.05, 3.63) is 124 Å². The van der Waals surface area contributed by atoms with Crippen LogP contribution in [-0.2, 0) is 21.4 Å². The summed E-state index contributed by atoms with van der Waals surface area (Å²) >= 11 is 6.30. The monoisotopic (exact) mass is 561 g/mol. The molecule has 0 atom stereocenters. The molecule has 2 amide bonds. The van der Waals surface area contributed by atoms with Crippen molar-refractivity contribution < 1.29 is 18.0 Å². The Morgan fingerprint density at radius 2 is 1.49 bits per heavy atom. The van der Waals surface area contributed by atoms with Crippen LogP contribution in [0.2, 0.25) is 5.02 Å². The van der Waals surface area contributed by atoms with E-state index in [0.717, 1.165) is 15.4 Å². The quantitative estimate of drug-likeness (QED) is 0.273. The largest absolute Gasteiger partial charge is 0.348 e. The van der Waals surface area contributed by atoms with Crippen molar-refractivity contribution >= 4 is 44.8 Å². The van der Waals surface area contributed by atoms with E-state index in [-0.39, 0.29) is 27.7 Å². The Bertz CT molecular complexity index is 1590. The van der Waals surface area contributed by atoms with Crippen LogP contribution in [0.15, 0.2) is 102 Å². The molecule has 7 nitrogen and oxygen atoms in total. The van der Waals surface area contributed by atoms with Crippen LogP contribution >= 0.6 is 11.6 Å². The second kappa shape index (κ2) is 12.1. The fraction of sp³-hybridized carbons (Fsp3) is 0.133. The average molecular weight is 562 g/mol. The van der Waals surface area contributed by atoms with Crippen LogP contribution < -0.4 is 14.9 Å². The molecule has 0 bridgehead atoms. The van der Waals surface area contributed by atoms with Crippen LogP contribution in [0.25, 0.3) is 0 Å². The summed E-state index contributed by atoms with van der Waals surface area (Å²) < 4.78 is 28.5. The number of rotatable bonds is 9. The van der Waals surface area contributed by atoms with Gasteiger partial charge in [0.15, 0.2) is 0 Å². The number of hydrogen-bond donors (Lipinski definition) is 2. The zero-order chi connectivity index (χ0) is 28.0. The molecule has 0 radical (unpaired) electrons. The highest BCUT2D eigenvalue weighted by molar-refractivity contribution is 7.92. The van der Waals surface area contributed by atoms with E-state index in [2.05, 4.69) is 10.6 Å². The standard InChI is InChI=1S/C30H28ClN3O4S/c1-21-15-17-24(18-16-21)39(37,38)34(28-14-8-12-26(31)22(28)2)20-29(35)33-27-13-7-6-11-25(27)30(36)32-19-23-9-4-3-5-10-23/h3-18H,19-20H2,1-2H3,(H,32,36)(H,33,35). The van der Waals surface area contributed by atoms with Crippen LogP contribution in [0.1, 0.15) is 27.0 Å². The van der Waals surface area contributed by atoms with Crippen molar-refractivity contribution in [2.24, 2.45) is 0 Å². The number of nitrogens with one attached hydrogen (secondary N) is 2. The molecule has 0 aliphatic heterocycles. The maximum atomic E-state index is 13.7. The van der Waals surface area contributed by atoms with Crippen LogP contribution in [0, 0.1) is 13.8 Å². The highest BCUT2D eigenvalue weighted by Crippen LogP contribution is 2.31. The number of halogens is 1. The van der Waals surface area contributed by atoms with E-state index in [9.17, 15) is 18.0 Å². The van der Waals surface area contributed by atoms with Crippen LogP contribution in [0.5, 0.6) is 0 Å². The van der Waals surface area contributed by atoms with E-state index in [4.69, 9.17) is 11.6 Å². The fourth-order valence-corrected chi connectivity index (χ4v) is 5.64. The molecule has 0 saturated heterocycles. The third kappa shape index (κ3) is 6.66. The van der Waals surface area contributed by atoms with Gasteiger partial charge in [-0.25, -0.2) is 8.42 Å². The van der Waals surface area contributed by atoms with Gasteiger partial charge in [0.2, 0.25) is 5.91 Å². The van der Waals surface area contributed by atoms with Crippen molar-refractivity contribution in [2.75, 3.05) is 16.2 Å². The number of sulfonamides is 1. The van der Waals surface area contributed by atoms with Crippen LogP contribution in [0.4, 0.5) is 11.4 Å². The lowest BCUT2D eigenvalue weighted by atomic mass is 10.1. The van der Waals surface area contributed by atoms with E-state index >= 15 is 0 Å². The molecule has 2 N–H and O–H groups in total.